The van der Waals surface area contributed by atoms with Crippen LogP contribution >= 0.6 is 8.58 Å². The van der Waals surface area contributed by atoms with Crippen molar-refractivity contribution in [1.82, 2.24) is 0 Å². The number of hydrogen-bond acceptors (Lipinski definition) is 2. The Morgan fingerprint density at radius 1 is 0.634 bits per heavy atom. The summed E-state index contributed by atoms with van der Waals surface area (Å²) >= 11 is 0. The summed E-state index contributed by atoms with van der Waals surface area (Å²) in [5, 5.41) is 1.36. The molecule has 0 N–H and O–H groups in total. The van der Waals surface area contributed by atoms with E-state index in [4.69, 9.17) is 4.74 Å². The van der Waals surface area contributed by atoms with E-state index in [0.29, 0.717) is 15.2 Å². The minimum absolute atomic E-state index is 0.0701. The molecule has 208 valence electrons. The fourth-order valence-corrected chi connectivity index (χ4v) is 7.04. The third-order valence-corrected chi connectivity index (χ3v) is 9.93. The van der Waals surface area contributed by atoms with Crippen LogP contribution in [0.5, 0.6) is 5.75 Å². The molecule has 0 aliphatic heterocycles. The first-order chi connectivity index (χ1) is 20.1. The third kappa shape index (κ3) is 7.26. The summed E-state index contributed by atoms with van der Waals surface area (Å²) in [5.41, 5.74) is 7.76. The van der Waals surface area contributed by atoms with Gasteiger partial charge in [-0.25, -0.2) is 0 Å². The first kappa shape index (κ1) is 28.7. The van der Waals surface area contributed by atoms with Crippen molar-refractivity contribution in [3.63, 3.8) is 0 Å². The van der Waals surface area contributed by atoms with E-state index in [1.165, 1.54) is 38.8 Å². The van der Waals surface area contributed by atoms with Crippen molar-refractivity contribution >= 4 is 19.6 Å². The molecule has 0 radical (unpaired) electrons. The predicted octanol–water partition coefficient (Wildman–Crippen LogP) is 9.41. The summed E-state index contributed by atoms with van der Waals surface area (Å²) in [5.74, 6) is 0.980. The minimum atomic E-state index is -0.0701. The Bertz CT molecular complexity index is 1480. The minimum Gasteiger partial charge on any atom is -0.489 e. The van der Waals surface area contributed by atoms with Crippen LogP contribution in [0.2, 0.25) is 0 Å². The van der Waals surface area contributed by atoms with Crippen LogP contribution in [0.15, 0.2) is 133 Å². The highest BCUT2D eigenvalue weighted by Crippen LogP contribution is 2.49. The molecule has 5 rings (SSSR count). The fraction of sp³-hybridized carbons (Fsp3) is 0.211. The van der Waals surface area contributed by atoms with Gasteiger partial charge in [-0.15, -0.1) is 0 Å². The lowest BCUT2D eigenvalue weighted by molar-refractivity contribution is 0.300. The van der Waals surface area contributed by atoms with E-state index in [9.17, 15) is 0 Å². The molecule has 5 aromatic carbocycles. The molecule has 0 aliphatic rings. The van der Waals surface area contributed by atoms with Gasteiger partial charge in [0.15, 0.2) is 0 Å². The SMILES string of the molecule is CCC(C)(Pc1c(C)cccc1N(Cc1ccccc1)Cc1ccccc1)c1ccccc1OCc1ccccc1. The number of ether oxygens (including phenoxy) is 1. The molecule has 0 amide bonds. The average Bonchev–Trinajstić information content (AvgIpc) is 3.02. The smallest absolute Gasteiger partial charge is 0.123 e. The Kier molecular flexibility index (Phi) is 9.55. The van der Waals surface area contributed by atoms with Crippen LogP contribution < -0.4 is 14.9 Å². The quantitative estimate of drug-likeness (QED) is 0.142. The second kappa shape index (κ2) is 13.7. The van der Waals surface area contributed by atoms with Gasteiger partial charge in [0.25, 0.3) is 0 Å². The first-order valence-electron chi connectivity index (χ1n) is 14.5. The van der Waals surface area contributed by atoms with Crippen LogP contribution in [0.1, 0.15) is 48.1 Å². The highest BCUT2D eigenvalue weighted by atomic mass is 31.1. The van der Waals surface area contributed by atoms with Crippen molar-refractivity contribution in [2.75, 3.05) is 4.90 Å². The highest BCUT2D eigenvalue weighted by molar-refractivity contribution is 7.49. The summed E-state index contributed by atoms with van der Waals surface area (Å²) in [6, 6.07) is 47.5. The van der Waals surface area contributed by atoms with Gasteiger partial charge < -0.3 is 9.64 Å². The van der Waals surface area contributed by atoms with Crippen LogP contribution in [0.4, 0.5) is 5.69 Å². The van der Waals surface area contributed by atoms with E-state index < -0.39 is 0 Å². The molecule has 0 heterocycles. The number of benzene rings is 5. The van der Waals surface area contributed by atoms with Gasteiger partial charge in [0, 0.05) is 29.5 Å². The number of rotatable bonds is 12. The topological polar surface area (TPSA) is 12.5 Å². The number of aryl methyl sites for hydroxylation is 1. The van der Waals surface area contributed by atoms with E-state index in [1.807, 2.05) is 6.07 Å². The highest BCUT2D eigenvalue weighted by Gasteiger charge is 2.31. The second-order valence-corrected chi connectivity index (χ2v) is 12.7. The fourth-order valence-electron chi connectivity index (χ4n) is 5.32. The van der Waals surface area contributed by atoms with Crippen LogP contribution in [-0.2, 0) is 24.9 Å². The van der Waals surface area contributed by atoms with E-state index in [2.05, 4.69) is 153 Å². The van der Waals surface area contributed by atoms with Crippen molar-refractivity contribution in [2.24, 2.45) is 0 Å². The van der Waals surface area contributed by atoms with Gasteiger partial charge in [-0.05, 0) is 53.0 Å². The molecule has 0 fully saturated rings. The molecule has 0 aromatic heterocycles. The van der Waals surface area contributed by atoms with Gasteiger partial charge in [0.2, 0.25) is 0 Å². The molecule has 5 aromatic rings. The molecule has 0 saturated heterocycles. The maximum absolute atomic E-state index is 6.47. The monoisotopic (exact) mass is 557 g/mol. The summed E-state index contributed by atoms with van der Waals surface area (Å²) in [6.07, 6.45) is 1.02. The van der Waals surface area contributed by atoms with E-state index >= 15 is 0 Å². The Hall–Kier alpha value is -3.87. The van der Waals surface area contributed by atoms with Crippen LogP contribution in [0.3, 0.4) is 0 Å². The average molecular weight is 558 g/mol. The number of nitrogens with zero attached hydrogens (tertiary/aromatic N) is 1. The van der Waals surface area contributed by atoms with Crippen molar-refractivity contribution in [2.45, 2.75) is 52.0 Å². The zero-order valence-electron chi connectivity index (χ0n) is 24.4. The van der Waals surface area contributed by atoms with E-state index in [-0.39, 0.29) is 5.16 Å². The van der Waals surface area contributed by atoms with E-state index in [1.54, 1.807) is 0 Å². The van der Waals surface area contributed by atoms with Crippen LogP contribution in [0, 0.1) is 6.92 Å². The lowest BCUT2D eigenvalue weighted by atomic mass is 9.96. The maximum Gasteiger partial charge on any atom is 0.123 e. The molecule has 0 spiro atoms. The Morgan fingerprint density at radius 3 is 1.76 bits per heavy atom. The zero-order valence-corrected chi connectivity index (χ0v) is 25.4. The summed E-state index contributed by atoms with van der Waals surface area (Å²) in [7, 11) is 0.584. The number of anilines is 1. The number of para-hydroxylation sites is 1. The van der Waals surface area contributed by atoms with Crippen molar-refractivity contribution in [3.05, 3.63) is 161 Å². The Labute approximate surface area is 247 Å². The summed E-state index contributed by atoms with van der Waals surface area (Å²) in [6.45, 7) is 9.27. The van der Waals surface area contributed by atoms with Crippen LogP contribution in [0.25, 0.3) is 0 Å². The first-order valence-corrected chi connectivity index (χ1v) is 15.5. The van der Waals surface area contributed by atoms with Crippen molar-refractivity contribution < 1.29 is 4.74 Å². The number of hydrogen-bond donors (Lipinski definition) is 0. The molecule has 2 nitrogen and oxygen atoms in total. The van der Waals surface area contributed by atoms with Crippen LogP contribution in [-0.4, -0.2) is 0 Å². The van der Waals surface area contributed by atoms with Gasteiger partial charge in [-0.1, -0.05) is 144 Å². The third-order valence-electron chi connectivity index (χ3n) is 7.85. The van der Waals surface area contributed by atoms with Gasteiger partial charge in [-0.3, -0.25) is 0 Å². The molecule has 0 bridgehead atoms. The molecule has 0 aliphatic carbocycles. The molecule has 2 atom stereocenters. The largest absolute Gasteiger partial charge is 0.489 e. The summed E-state index contributed by atoms with van der Waals surface area (Å²) in [4.78, 5) is 2.55. The van der Waals surface area contributed by atoms with E-state index in [0.717, 1.165) is 25.3 Å². The zero-order chi connectivity index (χ0) is 28.5. The molecular formula is C38H40NOP. The van der Waals surface area contributed by atoms with Gasteiger partial charge in [0.05, 0.1) is 0 Å². The molecule has 2 unspecified atom stereocenters. The molecule has 3 heteroatoms. The standard InChI is InChI=1S/C38H40NOP/c1-4-38(3,34-24-14-15-26-36(34)40-29-33-22-12-7-13-23-33)41-37-30(2)17-16-25-35(37)39(27-31-18-8-5-9-19-31)28-32-20-10-6-11-21-32/h5-26,41H,4,27-29H2,1-3H3. The molecular weight excluding hydrogens is 517 g/mol. The van der Waals surface area contributed by atoms with Crippen molar-refractivity contribution in [3.8, 4) is 5.75 Å². The molecule has 41 heavy (non-hydrogen) atoms. The van der Waals surface area contributed by atoms with Crippen molar-refractivity contribution in [1.29, 1.82) is 0 Å². The van der Waals surface area contributed by atoms with Gasteiger partial charge in [0.1, 0.15) is 12.4 Å². The second-order valence-electron chi connectivity index (χ2n) is 10.9. The predicted molar refractivity (Wildman–Crippen MR) is 177 cm³/mol. The Morgan fingerprint density at radius 2 is 1.17 bits per heavy atom. The lowest BCUT2D eigenvalue weighted by Crippen LogP contribution is -2.29. The lowest BCUT2D eigenvalue weighted by Gasteiger charge is -2.35. The maximum atomic E-state index is 6.47. The summed E-state index contributed by atoms with van der Waals surface area (Å²) < 4.78 is 6.47. The normalized spacial score (nSPS) is 12.8. The van der Waals surface area contributed by atoms with Gasteiger partial charge in [-0.2, -0.15) is 0 Å². The molecule has 0 saturated carbocycles. The Balaban J connectivity index is 1.50. The van der Waals surface area contributed by atoms with Gasteiger partial charge >= 0.3 is 0 Å².